The highest BCUT2D eigenvalue weighted by Crippen LogP contribution is 2.29. The minimum atomic E-state index is -0.651. The average molecular weight is 306 g/mol. The van der Waals surface area contributed by atoms with Gasteiger partial charge in [-0.05, 0) is 24.1 Å². The Morgan fingerprint density at radius 1 is 1.19 bits per heavy atom. The van der Waals surface area contributed by atoms with Crippen LogP contribution in [0.5, 0.6) is 0 Å². The van der Waals surface area contributed by atoms with Crippen LogP contribution in [0.25, 0.3) is 21.9 Å². The molecule has 0 fully saturated rings. The topological polar surface area (TPSA) is 65.5 Å². The first-order valence-corrected chi connectivity index (χ1v) is 6.42. The highest BCUT2D eigenvalue weighted by atomic mass is 35.5. The van der Waals surface area contributed by atoms with Crippen molar-refractivity contribution >= 4 is 40.3 Å². The lowest BCUT2D eigenvalue weighted by atomic mass is 10.0. The Balaban J connectivity index is 0.00000161. The Labute approximate surface area is 128 Å². The zero-order valence-corrected chi connectivity index (χ0v) is 12.4. The number of hydrogen-bond donors (Lipinski definition) is 1. The minimum absolute atomic E-state index is 0. The van der Waals surface area contributed by atoms with Gasteiger partial charge in [-0.2, -0.15) is 0 Å². The van der Waals surface area contributed by atoms with Crippen LogP contribution in [-0.2, 0) is 16.0 Å². The molecule has 1 heterocycles. The van der Waals surface area contributed by atoms with Crippen molar-refractivity contribution in [3.05, 3.63) is 48.0 Å². The van der Waals surface area contributed by atoms with Crippen molar-refractivity contribution in [2.75, 3.05) is 7.11 Å². The Morgan fingerprint density at radius 2 is 1.90 bits per heavy atom. The maximum absolute atomic E-state index is 11.3. The van der Waals surface area contributed by atoms with Gasteiger partial charge in [-0.3, -0.25) is 4.79 Å². The summed E-state index contributed by atoms with van der Waals surface area (Å²) in [5, 5.41) is 2.15. The van der Waals surface area contributed by atoms with E-state index in [1.54, 1.807) is 0 Å². The predicted octanol–water partition coefficient (Wildman–Crippen LogP) is 3.05. The Hall–Kier alpha value is -2.04. The number of hydrogen-bond acceptors (Lipinski definition) is 4. The van der Waals surface area contributed by atoms with Crippen LogP contribution in [0.2, 0.25) is 0 Å². The molecule has 3 rings (SSSR count). The van der Waals surface area contributed by atoms with E-state index in [0.29, 0.717) is 6.42 Å². The molecule has 110 valence electrons. The number of methoxy groups -OCH3 is 1. The highest BCUT2D eigenvalue weighted by Gasteiger charge is 2.15. The van der Waals surface area contributed by atoms with Crippen molar-refractivity contribution in [2.45, 2.75) is 12.5 Å². The third-order valence-electron chi connectivity index (χ3n) is 3.40. The molecule has 0 aliphatic carbocycles. The number of rotatable bonds is 3. The van der Waals surface area contributed by atoms with E-state index in [1.807, 2.05) is 42.5 Å². The molecule has 2 aromatic carbocycles. The smallest absolute Gasteiger partial charge is 0.322 e. The molecule has 0 spiro atoms. The molecule has 0 amide bonds. The number of halogens is 1. The largest absolute Gasteiger partial charge is 0.468 e. The second-order valence-corrected chi connectivity index (χ2v) is 4.76. The van der Waals surface area contributed by atoms with Gasteiger partial charge < -0.3 is 14.9 Å². The summed E-state index contributed by atoms with van der Waals surface area (Å²) >= 11 is 0. The molecule has 0 bridgehead atoms. The first-order valence-electron chi connectivity index (χ1n) is 6.42. The molecule has 1 unspecified atom stereocenters. The number of furan rings is 1. The maximum atomic E-state index is 11.3. The molecule has 0 aliphatic rings. The number of carbonyl (C=O) groups excluding carboxylic acids is 1. The molecular formula is C16H16ClNO3. The van der Waals surface area contributed by atoms with Crippen molar-refractivity contribution in [3.63, 3.8) is 0 Å². The summed E-state index contributed by atoms with van der Waals surface area (Å²) in [5.74, 6) is -0.408. The fourth-order valence-corrected chi connectivity index (χ4v) is 2.39. The van der Waals surface area contributed by atoms with Crippen LogP contribution in [0.1, 0.15) is 5.56 Å². The molecule has 21 heavy (non-hydrogen) atoms. The number of ether oxygens (including phenoxy) is 1. The van der Waals surface area contributed by atoms with E-state index in [9.17, 15) is 4.79 Å². The molecule has 5 heteroatoms. The fourth-order valence-electron chi connectivity index (χ4n) is 2.39. The standard InChI is InChI=1S/C16H15NO3.ClH/c1-19-16(18)13(17)8-10-6-7-12-11-4-2-3-5-14(11)20-15(12)9-10;/h2-7,9,13H,8,17H2,1H3;1H. The van der Waals surface area contributed by atoms with E-state index in [4.69, 9.17) is 10.2 Å². The third-order valence-corrected chi connectivity index (χ3v) is 3.40. The zero-order chi connectivity index (χ0) is 14.1. The second-order valence-electron chi connectivity index (χ2n) is 4.76. The number of nitrogens with two attached hydrogens (primary N) is 1. The molecule has 2 N–H and O–H groups in total. The van der Waals surface area contributed by atoms with Gasteiger partial charge in [-0.25, -0.2) is 0 Å². The quantitative estimate of drug-likeness (QED) is 0.755. The maximum Gasteiger partial charge on any atom is 0.322 e. The number of benzene rings is 2. The Morgan fingerprint density at radius 3 is 2.67 bits per heavy atom. The van der Waals surface area contributed by atoms with Crippen molar-refractivity contribution in [1.29, 1.82) is 0 Å². The van der Waals surface area contributed by atoms with E-state index < -0.39 is 12.0 Å². The summed E-state index contributed by atoms with van der Waals surface area (Å²) in [6.45, 7) is 0. The lowest BCUT2D eigenvalue weighted by Crippen LogP contribution is -2.33. The predicted molar refractivity (Wildman–Crippen MR) is 84.7 cm³/mol. The summed E-state index contributed by atoms with van der Waals surface area (Å²) in [7, 11) is 1.34. The summed E-state index contributed by atoms with van der Waals surface area (Å²) in [6, 6.07) is 13.1. The number of carbonyl (C=O) groups is 1. The van der Waals surface area contributed by atoms with Gasteiger partial charge in [-0.1, -0.05) is 30.3 Å². The van der Waals surface area contributed by atoms with E-state index in [-0.39, 0.29) is 12.4 Å². The molecule has 3 aromatic rings. The zero-order valence-electron chi connectivity index (χ0n) is 11.5. The van der Waals surface area contributed by atoms with Gasteiger partial charge in [0.05, 0.1) is 7.11 Å². The average Bonchev–Trinajstić information content (AvgIpc) is 2.83. The van der Waals surface area contributed by atoms with E-state index in [2.05, 4.69) is 4.74 Å². The van der Waals surface area contributed by atoms with Crippen LogP contribution in [-0.4, -0.2) is 19.1 Å². The van der Waals surface area contributed by atoms with E-state index in [1.165, 1.54) is 7.11 Å². The fraction of sp³-hybridized carbons (Fsp3) is 0.188. The summed E-state index contributed by atoms with van der Waals surface area (Å²) in [5.41, 5.74) is 8.39. The van der Waals surface area contributed by atoms with Crippen LogP contribution in [0, 0.1) is 0 Å². The number of fused-ring (bicyclic) bond motifs is 3. The molecule has 0 aliphatic heterocycles. The Kier molecular flexibility index (Phi) is 4.50. The lowest BCUT2D eigenvalue weighted by Gasteiger charge is -2.08. The van der Waals surface area contributed by atoms with Gasteiger partial charge in [0.15, 0.2) is 0 Å². The van der Waals surface area contributed by atoms with Gasteiger partial charge in [0.25, 0.3) is 0 Å². The van der Waals surface area contributed by atoms with Crippen LogP contribution >= 0.6 is 12.4 Å². The van der Waals surface area contributed by atoms with Crippen molar-refractivity contribution in [2.24, 2.45) is 5.73 Å². The molecule has 4 nitrogen and oxygen atoms in total. The van der Waals surface area contributed by atoms with Gasteiger partial charge in [-0.15, -0.1) is 12.4 Å². The van der Waals surface area contributed by atoms with Crippen LogP contribution in [0.4, 0.5) is 0 Å². The summed E-state index contributed by atoms with van der Waals surface area (Å²) in [4.78, 5) is 11.3. The number of esters is 1. The Bertz CT molecular complexity index is 781. The van der Waals surface area contributed by atoms with E-state index in [0.717, 1.165) is 27.5 Å². The molecule has 1 aromatic heterocycles. The minimum Gasteiger partial charge on any atom is -0.468 e. The van der Waals surface area contributed by atoms with E-state index >= 15 is 0 Å². The molecule has 1 atom stereocenters. The van der Waals surface area contributed by atoms with Crippen LogP contribution in [0.15, 0.2) is 46.9 Å². The highest BCUT2D eigenvalue weighted by molar-refractivity contribution is 6.04. The first kappa shape index (κ1) is 15.4. The third kappa shape index (κ3) is 2.86. The molecule has 0 saturated carbocycles. The number of para-hydroxylation sites is 1. The second kappa shape index (κ2) is 6.16. The SMILES string of the molecule is COC(=O)C(N)Cc1ccc2c(c1)oc1ccccc12.Cl. The monoisotopic (exact) mass is 305 g/mol. The van der Waals surface area contributed by atoms with Crippen LogP contribution in [0.3, 0.4) is 0 Å². The summed E-state index contributed by atoms with van der Waals surface area (Å²) in [6.07, 6.45) is 0.430. The van der Waals surface area contributed by atoms with Crippen molar-refractivity contribution < 1.29 is 13.9 Å². The van der Waals surface area contributed by atoms with Crippen LogP contribution < -0.4 is 5.73 Å². The molecule has 0 radical (unpaired) electrons. The molecule has 0 saturated heterocycles. The van der Waals surface area contributed by atoms with Gasteiger partial charge in [0.1, 0.15) is 17.2 Å². The normalized spacial score (nSPS) is 12.1. The molecular weight excluding hydrogens is 290 g/mol. The van der Waals surface area contributed by atoms with Gasteiger partial charge in [0.2, 0.25) is 0 Å². The van der Waals surface area contributed by atoms with Gasteiger partial charge >= 0.3 is 5.97 Å². The lowest BCUT2D eigenvalue weighted by molar-refractivity contribution is -0.142. The van der Waals surface area contributed by atoms with Crippen molar-refractivity contribution in [1.82, 2.24) is 0 Å². The first-order chi connectivity index (χ1) is 9.69. The van der Waals surface area contributed by atoms with Crippen molar-refractivity contribution in [3.8, 4) is 0 Å². The summed E-state index contributed by atoms with van der Waals surface area (Å²) < 4.78 is 10.4. The van der Waals surface area contributed by atoms with Gasteiger partial charge in [0, 0.05) is 10.8 Å².